The average molecular weight is 939 g/mol. The van der Waals surface area contributed by atoms with E-state index >= 15 is 0 Å². The highest BCUT2D eigenvalue weighted by molar-refractivity contribution is 14.1. The summed E-state index contributed by atoms with van der Waals surface area (Å²) in [5, 5.41) is 39.4. The number of nitrogens with one attached hydrogen (secondary N) is 2. The van der Waals surface area contributed by atoms with Crippen molar-refractivity contribution >= 4 is 69.5 Å². The molecule has 0 fully saturated rings. The van der Waals surface area contributed by atoms with Crippen LogP contribution in [0.25, 0.3) is 0 Å². The highest BCUT2D eigenvalue weighted by Gasteiger charge is 2.52. The first-order chi connectivity index (χ1) is 27.2. The van der Waals surface area contributed by atoms with E-state index in [9.17, 15) is 44.1 Å². The van der Waals surface area contributed by atoms with Crippen LogP contribution in [-0.2, 0) is 28.6 Å². The number of thioether (sulfide) groups is 1. The molecule has 17 heteroatoms. The molecular formula is C41H51IN2O13S. The van der Waals surface area contributed by atoms with Crippen molar-refractivity contribution in [2.75, 3.05) is 23.8 Å². The van der Waals surface area contributed by atoms with Crippen molar-refractivity contribution in [2.45, 2.75) is 85.6 Å². The molecule has 1 aromatic carbocycles. The van der Waals surface area contributed by atoms with E-state index in [4.69, 9.17) is 18.9 Å². The van der Waals surface area contributed by atoms with Crippen LogP contribution in [0.2, 0.25) is 0 Å². The molecule has 5 rings (SSSR count). The Balaban J connectivity index is 1.89. The highest BCUT2D eigenvalue weighted by atomic mass is 127. The molecular weight excluding hydrogens is 887 g/mol. The van der Waals surface area contributed by atoms with Crippen molar-refractivity contribution in [2.24, 2.45) is 23.7 Å². The summed E-state index contributed by atoms with van der Waals surface area (Å²) in [7, 11) is 1.41. The Kier molecular flexibility index (Phi) is 15.6. The number of carbonyl (C=O) groups is 6. The topological polar surface area (TPSA) is 224 Å². The fourth-order valence-corrected chi connectivity index (χ4v) is 8.39. The first kappa shape index (κ1) is 46.6. The predicted molar refractivity (Wildman–Crippen MR) is 223 cm³/mol. The number of hydrogen-bond acceptors (Lipinski definition) is 14. The Morgan fingerprint density at radius 3 is 2.28 bits per heavy atom. The molecule has 58 heavy (non-hydrogen) atoms. The summed E-state index contributed by atoms with van der Waals surface area (Å²) in [6, 6.07) is 0. The minimum atomic E-state index is -2.10. The molecule has 0 saturated carbocycles. The van der Waals surface area contributed by atoms with Gasteiger partial charge in [0.15, 0.2) is 0 Å². The van der Waals surface area contributed by atoms with Crippen molar-refractivity contribution in [1.29, 1.82) is 0 Å². The highest BCUT2D eigenvalue weighted by Crippen LogP contribution is 2.49. The van der Waals surface area contributed by atoms with E-state index in [1.807, 2.05) is 22.6 Å². The molecule has 5 bridgehead atoms. The lowest BCUT2D eigenvalue weighted by atomic mass is 9.78. The molecule has 0 radical (unpaired) electrons. The van der Waals surface area contributed by atoms with Gasteiger partial charge >= 0.3 is 11.8 Å². The molecule has 0 saturated heterocycles. The second-order valence-electron chi connectivity index (χ2n) is 14.8. The molecule has 316 valence electrons. The van der Waals surface area contributed by atoms with E-state index in [-0.39, 0.29) is 50.0 Å². The van der Waals surface area contributed by atoms with E-state index in [1.165, 1.54) is 53.0 Å². The summed E-state index contributed by atoms with van der Waals surface area (Å²) in [5.41, 5.74) is -1.56. The van der Waals surface area contributed by atoms with Gasteiger partial charge in [0.1, 0.15) is 23.3 Å². The second-order valence-corrected chi connectivity index (χ2v) is 16.7. The van der Waals surface area contributed by atoms with Crippen LogP contribution in [0.5, 0.6) is 11.5 Å². The van der Waals surface area contributed by atoms with Crippen LogP contribution in [0.1, 0.15) is 85.1 Å². The fourth-order valence-electron chi connectivity index (χ4n) is 7.19. The van der Waals surface area contributed by atoms with Gasteiger partial charge in [-0.15, -0.1) is 11.8 Å². The van der Waals surface area contributed by atoms with Crippen LogP contribution in [0.4, 0.5) is 0 Å². The summed E-state index contributed by atoms with van der Waals surface area (Å²) in [5.74, 6) is -9.60. The number of esters is 1. The Hall–Kier alpha value is -4.04. The average Bonchev–Trinajstić information content (AvgIpc) is 3.45. The number of rotatable bonds is 7. The van der Waals surface area contributed by atoms with Crippen molar-refractivity contribution in [3.05, 3.63) is 69.0 Å². The molecule has 1 aliphatic carbocycles. The predicted octanol–water partition coefficient (Wildman–Crippen LogP) is 4.24. The standard InChI is InChI=1S/C41H51IN2O13S/c1-18-11-10-12-19(2)40(53)44-30-34(50)28-27(35(51)38(30)58-16-14-43-26(46)17-42)29-37(23(6)33(28)49)57-41(8,39(29)52)55-15-13-25(54-9)20(3)36(56-24(7)45)22(5)32(48)21(4)31(18)47/h10-13,15,18,20-22,25,31-32,36,47-49H,14,16-17H2,1-9H3,(H,43,46)(H,44,53)/b11-10-,15-13?,19-12-/t18-,20+,21+,22+,25-,31-,32+,36+,41-/m0/s1. The van der Waals surface area contributed by atoms with Crippen molar-refractivity contribution < 1.29 is 63.0 Å². The molecule has 0 spiro atoms. The maximum atomic E-state index is 14.5. The van der Waals surface area contributed by atoms with Gasteiger partial charge in [0, 0.05) is 68.1 Å². The third-order valence-corrected chi connectivity index (χ3v) is 12.5. The number of aliphatic hydroxyl groups is 2. The van der Waals surface area contributed by atoms with Crippen LogP contribution in [-0.4, -0.2) is 104 Å². The number of phenols is 1. The van der Waals surface area contributed by atoms with Gasteiger partial charge in [-0.1, -0.05) is 68.5 Å². The molecule has 1 aromatic rings. The van der Waals surface area contributed by atoms with Crippen LogP contribution < -0.4 is 15.4 Å². The number of aromatic hydroxyl groups is 1. The third-order valence-electron chi connectivity index (χ3n) is 10.7. The summed E-state index contributed by atoms with van der Waals surface area (Å²) in [6.07, 6.45) is 3.26. The van der Waals surface area contributed by atoms with Crippen molar-refractivity contribution in [1.82, 2.24) is 10.6 Å². The van der Waals surface area contributed by atoms with Gasteiger partial charge < -0.3 is 44.9 Å². The SMILES string of the molecule is CO[C@H]1C=CO[C@@]2(C)Oc3c(C)c(O)c4c(c3C2=O)C(=O)C(SCCNC(=O)CI)=C(NC(=O)/C(C)=C\C=C/[C@H](C)[C@H](O)[C@@H](C)[C@@H](O)[C@@H](C)[C@H](OC(C)=O)[C@@H]1C)C4=O. The zero-order valence-corrected chi connectivity index (χ0v) is 36.8. The number of amides is 2. The Labute approximate surface area is 355 Å². The number of carbonyl (C=O) groups excluding carboxylic acids is 6. The Morgan fingerprint density at radius 1 is 0.983 bits per heavy atom. The zero-order chi connectivity index (χ0) is 43.4. The molecule has 3 heterocycles. The number of methoxy groups -OCH3 is 1. The number of fused-ring (bicyclic) bond motifs is 14. The second kappa shape index (κ2) is 19.4. The number of aliphatic hydroxyl groups excluding tert-OH is 2. The largest absolute Gasteiger partial charge is 0.507 e. The fraction of sp³-hybridized carbons (Fsp3) is 0.512. The molecule has 2 amide bonds. The van der Waals surface area contributed by atoms with Gasteiger partial charge in [-0.05, 0) is 19.9 Å². The van der Waals surface area contributed by atoms with Gasteiger partial charge in [0.2, 0.25) is 17.5 Å². The van der Waals surface area contributed by atoms with Crippen LogP contribution in [0.3, 0.4) is 0 Å². The maximum Gasteiger partial charge on any atom is 0.312 e. The van der Waals surface area contributed by atoms with Crippen LogP contribution >= 0.6 is 34.4 Å². The number of benzene rings is 1. The zero-order valence-electron chi connectivity index (χ0n) is 33.8. The number of Topliss-reactive ketones (excluding diaryl/α,β-unsaturated/α-hetero) is 3. The van der Waals surface area contributed by atoms with E-state index in [0.29, 0.717) is 0 Å². The van der Waals surface area contributed by atoms with Gasteiger partial charge in [-0.25, -0.2) is 0 Å². The Bertz CT molecular complexity index is 1980. The van der Waals surface area contributed by atoms with Crippen molar-refractivity contribution in [3.8, 4) is 11.5 Å². The van der Waals surface area contributed by atoms with Crippen LogP contribution in [0.15, 0.2) is 46.7 Å². The number of halogens is 1. The summed E-state index contributed by atoms with van der Waals surface area (Å²) in [6.45, 7) is 12.3. The molecule has 0 aromatic heterocycles. The number of ether oxygens (including phenoxy) is 4. The number of ketones is 3. The number of allylic oxidation sites excluding steroid dienone is 4. The quantitative estimate of drug-likeness (QED) is 0.112. The first-order valence-electron chi connectivity index (χ1n) is 18.7. The maximum absolute atomic E-state index is 14.5. The van der Waals surface area contributed by atoms with E-state index in [1.54, 1.807) is 33.8 Å². The molecule has 3 aliphatic heterocycles. The lowest BCUT2D eigenvalue weighted by molar-refractivity contribution is -0.160. The summed E-state index contributed by atoms with van der Waals surface area (Å²) >= 11 is 2.78. The Morgan fingerprint density at radius 2 is 1.66 bits per heavy atom. The molecule has 5 N–H and O–H groups in total. The molecule has 0 unspecified atom stereocenters. The minimum Gasteiger partial charge on any atom is -0.507 e. The third kappa shape index (κ3) is 9.54. The smallest absolute Gasteiger partial charge is 0.312 e. The first-order valence-corrected chi connectivity index (χ1v) is 21.2. The van der Waals surface area contributed by atoms with E-state index in [0.717, 1.165) is 18.0 Å². The number of hydrogen-bond donors (Lipinski definition) is 5. The molecule has 15 nitrogen and oxygen atoms in total. The number of phenolic OH excluding ortho intramolecular Hbond substituents is 1. The van der Waals surface area contributed by atoms with Gasteiger partial charge in [0.05, 0.1) is 50.6 Å². The molecule has 4 aliphatic rings. The van der Waals surface area contributed by atoms with Gasteiger partial charge in [-0.2, -0.15) is 0 Å². The van der Waals surface area contributed by atoms with E-state index < -0.39 is 106 Å². The number of alkyl halides is 1. The molecule has 9 atom stereocenters. The van der Waals surface area contributed by atoms with E-state index in [2.05, 4.69) is 10.6 Å². The summed E-state index contributed by atoms with van der Waals surface area (Å²) in [4.78, 5) is 80.7. The van der Waals surface area contributed by atoms with Crippen LogP contribution in [0, 0.1) is 30.6 Å². The van der Waals surface area contributed by atoms with Crippen molar-refractivity contribution in [3.63, 3.8) is 0 Å². The summed E-state index contributed by atoms with van der Waals surface area (Å²) < 4.78 is 23.6. The van der Waals surface area contributed by atoms with Gasteiger partial charge in [0.25, 0.3) is 11.7 Å². The lowest BCUT2D eigenvalue weighted by Gasteiger charge is -2.38. The van der Waals surface area contributed by atoms with Gasteiger partial charge in [-0.3, -0.25) is 28.8 Å². The monoisotopic (exact) mass is 938 g/mol. The normalized spacial score (nSPS) is 30.9. The lowest BCUT2D eigenvalue weighted by Crippen LogP contribution is -2.46. The minimum absolute atomic E-state index is 0.0275.